The summed E-state index contributed by atoms with van der Waals surface area (Å²) >= 11 is 0. The highest BCUT2D eigenvalue weighted by Crippen LogP contribution is 2.25. The van der Waals surface area contributed by atoms with Gasteiger partial charge in [-0.3, -0.25) is 0 Å². The summed E-state index contributed by atoms with van der Waals surface area (Å²) in [5, 5.41) is 3.72. The third-order valence-corrected chi connectivity index (χ3v) is 4.46. The second-order valence-electron chi connectivity index (χ2n) is 5.92. The maximum Gasteiger partial charge on any atom is 0.0721 e. The molecule has 0 aromatic heterocycles. The van der Waals surface area contributed by atoms with Crippen LogP contribution in [0.3, 0.4) is 0 Å². The number of hydrogen-bond donors (Lipinski definition) is 1. The minimum absolute atomic E-state index is 0.379. The largest absolute Gasteiger partial charge is 0.375 e. The number of likely N-dealkylation sites (tertiary alicyclic amines) is 1. The molecule has 3 rings (SSSR count). The molecule has 3 nitrogen and oxygen atoms in total. The lowest BCUT2D eigenvalue weighted by Gasteiger charge is -2.32. The number of nitrogens with zero attached hydrogens (tertiary/aromatic N) is 1. The molecule has 1 aromatic carbocycles. The Kier molecular flexibility index (Phi) is 4.16. The zero-order chi connectivity index (χ0) is 13.1. The summed E-state index contributed by atoms with van der Waals surface area (Å²) < 4.78 is 5.69. The molecule has 0 radical (unpaired) electrons. The summed E-state index contributed by atoms with van der Waals surface area (Å²) in [6.45, 7) is 5.18. The Morgan fingerprint density at radius 1 is 1.26 bits per heavy atom. The molecule has 0 spiro atoms. The molecule has 19 heavy (non-hydrogen) atoms. The van der Waals surface area contributed by atoms with E-state index in [-0.39, 0.29) is 0 Å². The Morgan fingerprint density at radius 2 is 2.05 bits per heavy atom. The average molecular weight is 260 g/mol. The van der Waals surface area contributed by atoms with E-state index in [1.807, 2.05) is 0 Å². The zero-order valence-corrected chi connectivity index (χ0v) is 11.8. The van der Waals surface area contributed by atoms with Crippen LogP contribution in [0.15, 0.2) is 24.3 Å². The molecular formula is C16H24N2O. The van der Waals surface area contributed by atoms with Crippen molar-refractivity contribution in [1.29, 1.82) is 0 Å². The van der Waals surface area contributed by atoms with Gasteiger partial charge in [-0.25, -0.2) is 0 Å². The summed E-state index contributed by atoms with van der Waals surface area (Å²) in [4.78, 5) is 2.43. The molecule has 104 valence electrons. The van der Waals surface area contributed by atoms with E-state index in [2.05, 4.69) is 41.5 Å². The van der Waals surface area contributed by atoms with E-state index in [0.29, 0.717) is 6.04 Å². The first kappa shape index (κ1) is 13.1. The number of benzene rings is 1. The molecule has 0 aliphatic carbocycles. The number of fused-ring (bicyclic) bond motifs is 1. The smallest absolute Gasteiger partial charge is 0.0721 e. The summed E-state index contributed by atoms with van der Waals surface area (Å²) in [6, 6.07) is 9.03. The summed E-state index contributed by atoms with van der Waals surface area (Å²) in [6.07, 6.45) is 2.64. The van der Waals surface area contributed by atoms with Crippen LogP contribution in [0.25, 0.3) is 0 Å². The summed E-state index contributed by atoms with van der Waals surface area (Å²) in [5.41, 5.74) is 2.77. The molecule has 1 N–H and O–H groups in total. The highest BCUT2D eigenvalue weighted by atomic mass is 16.5. The first-order chi connectivity index (χ1) is 9.33. The van der Waals surface area contributed by atoms with E-state index < -0.39 is 0 Å². The molecule has 1 saturated heterocycles. The normalized spacial score (nSPS) is 25.2. The van der Waals surface area contributed by atoms with Gasteiger partial charge in [-0.1, -0.05) is 24.3 Å². The molecule has 0 saturated carbocycles. The van der Waals surface area contributed by atoms with Crippen LogP contribution in [0, 0.1) is 5.92 Å². The first-order valence-electron chi connectivity index (χ1n) is 7.40. The fraction of sp³-hybridized carbons (Fsp3) is 0.625. The molecule has 3 heteroatoms. The predicted octanol–water partition coefficient (Wildman–Crippen LogP) is 2.19. The predicted molar refractivity (Wildman–Crippen MR) is 77.1 cm³/mol. The van der Waals surface area contributed by atoms with Crippen molar-refractivity contribution >= 4 is 0 Å². The number of piperidine rings is 1. The molecule has 2 heterocycles. The average Bonchev–Trinajstić information content (AvgIpc) is 2.47. The van der Waals surface area contributed by atoms with Crippen LogP contribution in [-0.2, 0) is 11.3 Å². The lowest BCUT2D eigenvalue weighted by molar-refractivity contribution is 0.0793. The Morgan fingerprint density at radius 3 is 2.89 bits per heavy atom. The van der Waals surface area contributed by atoms with Gasteiger partial charge in [-0.15, -0.1) is 0 Å². The Hall–Kier alpha value is -0.900. The van der Waals surface area contributed by atoms with E-state index in [1.165, 1.54) is 37.1 Å². The van der Waals surface area contributed by atoms with Gasteiger partial charge in [-0.05, 0) is 56.6 Å². The van der Waals surface area contributed by atoms with Crippen LogP contribution in [0.4, 0.5) is 0 Å². The van der Waals surface area contributed by atoms with E-state index in [4.69, 9.17) is 4.74 Å². The molecule has 1 atom stereocenters. The molecule has 2 aliphatic heterocycles. The van der Waals surface area contributed by atoms with Crippen molar-refractivity contribution in [3.8, 4) is 0 Å². The van der Waals surface area contributed by atoms with Gasteiger partial charge in [0.2, 0.25) is 0 Å². The Balaban J connectivity index is 1.56. The van der Waals surface area contributed by atoms with Gasteiger partial charge in [0, 0.05) is 0 Å². The lowest BCUT2D eigenvalue weighted by Crippen LogP contribution is -2.38. The Bertz CT molecular complexity index is 413. The van der Waals surface area contributed by atoms with Crippen molar-refractivity contribution in [2.24, 2.45) is 5.92 Å². The molecule has 1 unspecified atom stereocenters. The van der Waals surface area contributed by atoms with Gasteiger partial charge in [0.25, 0.3) is 0 Å². The lowest BCUT2D eigenvalue weighted by atomic mass is 9.95. The minimum atomic E-state index is 0.379. The van der Waals surface area contributed by atoms with Crippen molar-refractivity contribution in [2.45, 2.75) is 25.5 Å². The van der Waals surface area contributed by atoms with Crippen LogP contribution in [0.2, 0.25) is 0 Å². The van der Waals surface area contributed by atoms with Crippen molar-refractivity contribution < 1.29 is 4.74 Å². The molecule has 1 fully saturated rings. The second-order valence-corrected chi connectivity index (χ2v) is 5.92. The number of hydrogen-bond acceptors (Lipinski definition) is 3. The molecule has 2 aliphatic rings. The number of rotatable bonds is 3. The summed E-state index contributed by atoms with van der Waals surface area (Å²) in [7, 11) is 2.22. The molecule has 0 bridgehead atoms. The standard InChI is InChI=1S/C16H24N2O/c1-18-8-6-13(7-9-18)10-17-16-12-19-11-14-4-2-3-5-15(14)16/h2-5,13,16-17H,6-12H2,1H3. The van der Waals surface area contributed by atoms with Crippen LogP contribution in [0.5, 0.6) is 0 Å². The fourth-order valence-corrected chi connectivity index (χ4v) is 3.13. The van der Waals surface area contributed by atoms with Crippen LogP contribution in [0.1, 0.15) is 30.0 Å². The van der Waals surface area contributed by atoms with Gasteiger partial charge in [0.05, 0.1) is 19.3 Å². The van der Waals surface area contributed by atoms with E-state index in [0.717, 1.165) is 25.7 Å². The van der Waals surface area contributed by atoms with Crippen LogP contribution >= 0.6 is 0 Å². The van der Waals surface area contributed by atoms with Crippen molar-refractivity contribution in [2.75, 3.05) is 33.3 Å². The number of nitrogens with one attached hydrogen (secondary N) is 1. The van der Waals surface area contributed by atoms with Gasteiger partial charge < -0.3 is 15.0 Å². The fourth-order valence-electron chi connectivity index (χ4n) is 3.13. The highest BCUT2D eigenvalue weighted by molar-refractivity contribution is 5.31. The quantitative estimate of drug-likeness (QED) is 0.901. The van der Waals surface area contributed by atoms with E-state index >= 15 is 0 Å². The van der Waals surface area contributed by atoms with Gasteiger partial charge in [0.1, 0.15) is 0 Å². The Labute approximate surface area is 115 Å². The second kappa shape index (κ2) is 6.04. The monoisotopic (exact) mass is 260 g/mol. The molecule has 0 amide bonds. The van der Waals surface area contributed by atoms with Gasteiger partial charge in [0.15, 0.2) is 0 Å². The minimum Gasteiger partial charge on any atom is -0.375 e. The zero-order valence-electron chi connectivity index (χ0n) is 11.8. The SMILES string of the molecule is CN1CCC(CNC2COCc3ccccc32)CC1. The van der Waals surface area contributed by atoms with E-state index in [9.17, 15) is 0 Å². The third kappa shape index (κ3) is 3.16. The van der Waals surface area contributed by atoms with Crippen molar-refractivity contribution in [1.82, 2.24) is 10.2 Å². The number of ether oxygens (including phenoxy) is 1. The van der Waals surface area contributed by atoms with Crippen LogP contribution < -0.4 is 5.32 Å². The van der Waals surface area contributed by atoms with E-state index in [1.54, 1.807) is 0 Å². The first-order valence-corrected chi connectivity index (χ1v) is 7.40. The van der Waals surface area contributed by atoms with Gasteiger partial charge in [-0.2, -0.15) is 0 Å². The molecular weight excluding hydrogens is 236 g/mol. The van der Waals surface area contributed by atoms with Crippen molar-refractivity contribution in [3.63, 3.8) is 0 Å². The maximum absolute atomic E-state index is 5.69. The third-order valence-electron chi connectivity index (χ3n) is 4.46. The highest BCUT2D eigenvalue weighted by Gasteiger charge is 2.22. The topological polar surface area (TPSA) is 24.5 Å². The van der Waals surface area contributed by atoms with Gasteiger partial charge >= 0.3 is 0 Å². The summed E-state index contributed by atoms with van der Waals surface area (Å²) in [5.74, 6) is 0.824. The maximum atomic E-state index is 5.69. The van der Waals surface area contributed by atoms with Crippen molar-refractivity contribution in [3.05, 3.63) is 35.4 Å². The molecule has 1 aromatic rings. The van der Waals surface area contributed by atoms with Crippen LogP contribution in [-0.4, -0.2) is 38.2 Å².